The van der Waals surface area contributed by atoms with E-state index in [-0.39, 0.29) is 5.91 Å². The molecule has 0 unspecified atom stereocenters. The molecule has 0 aromatic heterocycles. The molecule has 3 heteroatoms. The molecule has 0 spiro atoms. The van der Waals surface area contributed by atoms with Crippen LogP contribution in [0.2, 0.25) is 0 Å². The summed E-state index contributed by atoms with van der Waals surface area (Å²) in [5, 5.41) is 2.97. The van der Waals surface area contributed by atoms with Gasteiger partial charge in [-0.15, -0.1) is 0 Å². The zero-order valence-electron chi connectivity index (χ0n) is 12.8. The highest BCUT2D eigenvalue weighted by Gasteiger charge is 2.07. The fourth-order valence-corrected chi connectivity index (χ4v) is 2.29. The third kappa shape index (κ3) is 4.17. The summed E-state index contributed by atoms with van der Waals surface area (Å²) in [5.74, 6) is -0.0621. The first kappa shape index (κ1) is 15.3. The Morgan fingerprint density at radius 3 is 2.67 bits per heavy atom. The Morgan fingerprint density at radius 1 is 1.14 bits per heavy atom. The van der Waals surface area contributed by atoms with Gasteiger partial charge in [-0.2, -0.15) is 0 Å². The van der Waals surface area contributed by atoms with Gasteiger partial charge in [0, 0.05) is 19.2 Å². The van der Waals surface area contributed by atoms with Crippen molar-refractivity contribution in [2.24, 2.45) is 0 Å². The van der Waals surface area contributed by atoms with Gasteiger partial charge in [-0.25, -0.2) is 0 Å². The van der Waals surface area contributed by atoms with Crippen molar-refractivity contribution in [3.8, 4) is 0 Å². The average molecular weight is 283 g/mol. The van der Waals surface area contributed by atoms with Gasteiger partial charge in [0.25, 0.3) is 5.91 Å². The fraction of sp³-hybridized carbons (Fsp3) is 0.278. The van der Waals surface area contributed by atoms with Crippen LogP contribution >= 0.6 is 0 Å². The molecule has 0 aliphatic heterocycles. The Balaban J connectivity index is 2.02. The fourth-order valence-electron chi connectivity index (χ4n) is 2.29. The number of hydrogen-bond acceptors (Lipinski definition) is 2. The van der Waals surface area contributed by atoms with Gasteiger partial charge in [-0.1, -0.05) is 35.9 Å². The molecule has 1 N–H and O–H groups in total. The second kappa shape index (κ2) is 7.04. The van der Waals surface area contributed by atoms with E-state index in [1.165, 1.54) is 11.1 Å². The van der Waals surface area contributed by atoms with Crippen LogP contribution in [0, 0.1) is 13.8 Å². The first-order chi connectivity index (χ1) is 10.1. The van der Waals surface area contributed by atoms with Crippen LogP contribution in [0.1, 0.15) is 32.6 Å². The lowest BCUT2D eigenvalue weighted by molar-refractivity contribution is 0.0950. The molecule has 0 saturated carbocycles. The minimum absolute atomic E-state index is 0.0621. The molecule has 0 radical (unpaired) electrons. The lowest BCUT2D eigenvalue weighted by Crippen LogP contribution is -2.23. The highest BCUT2D eigenvalue weighted by atomic mass is 16.5. The average Bonchev–Trinajstić information content (AvgIpc) is 2.47. The first-order valence-electron chi connectivity index (χ1n) is 7.02. The maximum Gasteiger partial charge on any atom is 0.251 e. The van der Waals surface area contributed by atoms with Gasteiger partial charge in [0.05, 0.1) is 6.61 Å². The first-order valence-corrected chi connectivity index (χ1v) is 7.02. The van der Waals surface area contributed by atoms with Gasteiger partial charge in [0.2, 0.25) is 0 Å². The molecule has 0 fully saturated rings. The molecule has 2 aromatic carbocycles. The van der Waals surface area contributed by atoms with Gasteiger partial charge < -0.3 is 10.1 Å². The molecule has 0 bridgehead atoms. The smallest absolute Gasteiger partial charge is 0.251 e. The maximum atomic E-state index is 12.2. The van der Waals surface area contributed by atoms with Crippen molar-refractivity contribution in [2.75, 3.05) is 7.11 Å². The molecule has 1 amide bonds. The number of hydrogen-bond donors (Lipinski definition) is 1. The molecule has 2 rings (SSSR count). The summed E-state index contributed by atoms with van der Waals surface area (Å²) in [6.45, 7) is 5.18. The second-order valence-corrected chi connectivity index (χ2v) is 5.25. The zero-order valence-corrected chi connectivity index (χ0v) is 12.8. The topological polar surface area (TPSA) is 38.3 Å². The van der Waals surface area contributed by atoms with Crippen molar-refractivity contribution in [1.29, 1.82) is 0 Å². The minimum Gasteiger partial charge on any atom is -0.380 e. The quantitative estimate of drug-likeness (QED) is 0.913. The molecule has 0 aliphatic rings. The van der Waals surface area contributed by atoms with Gasteiger partial charge >= 0.3 is 0 Å². The molecule has 0 atom stereocenters. The van der Waals surface area contributed by atoms with Gasteiger partial charge in [-0.05, 0) is 42.7 Å². The molecule has 110 valence electrons. The van der Waals surface area contributed by atoms with Crippen LogP contribution < -0.4 is 5.32 Å². The molecule has 2 aromatic rings. The van der Waals surface area contributed by atoms with Crippen molar-refractivity contribution in [3.63, 3.8) is 0 Å². The lowest BCUT2D eigenvalue weighted by Gasteiger charge is -2.09. The summed E-state index contributed by atoms with van der Waals surface area (Å²) in [6.07, 6.45) is 0. The van der Waals surface area contributed by atoms with Gasteiger partial charge in [0.15, 0.2) is 0 Å². The number of carbonyl (C=O) groups excluding carboxylic acids is 1. The maximum absolute atomic E-state index is 12.2. The van der Waals surface area contributed by atoms with Crippen LogP contribution in [0.15, 0.2) is 42.5 Å². The van der Waals surface area contributed by atoms with E-state index in [2.05, 4.69) is 37.4 Å². The standard InChI is InChI=1S/C18H21NO2/c1-13-7-8-17(14(2)9-13)11-19-18(20)16-6-4-5-15(10-16)12-21-3/h4-10H,11-12H2,1-3H3,(H,19,20). The number of amides is 1. The third-order valence-corrected chi connectivity index (χ3v) is 3.44. The molecule has 0 saturated heterocycles. The van der Waals surface area contributed by atoms with Crippen LogP contribution in [-0.4, -0.2) is 13.0 Å². The van der Waals surface area contributed by atoms with E-state index in [1.54, 1.807) is 7.11 Å². The summed E-state index contributed by atoms with van der Waals surface area (Å²) in [5.41, 5.74) is 5.23. The summed E-state index contributed by atoms with van der Waals surface area (Å²) >= 11 is 0. The van der Waals surface area contributed by atoms with Crippen LogP contribution in [0.4, 0.5) is 0 Å². The second-order valence-electron chi connectivity index (χ2n) is 5.25. The Morgan fingerprint density at radius 2 is 1.95 bits per heavy atom. The predicted molar refractivity (Wildman–Crippen MR) is 84.2 cm³/mol. The van der Waals surface area contributed by atoms with Gasteiger partial charge in [-0.3, -0.25) is 4.79 Å². The van der Waals surface area contributed by atoms with Crippen molar-refractivity contribution in [1.82, 2.24) is 5.32 Å². The van der Waals surface area contributed by atoms with E-state index in [9.17, 15) is 4.79 Å². The number of carbonyl (C=O) groups is 1. The number of aryl methyl sites for hydroxylation is 2. The highest BCUT2D eigenvalue weighted by molar-refractivity contribution is 5.94. The van der Waals surface area contributed by atoms with Crippen molar-refractivity contribution in [2.45, 2.75) is 27.0 Å². The van der Waals surface area contributed by atoms with Crippen LogP contribution in [0.3, 0.4) is 0 Å². The number of methoxy groups -OCH3 is 1. The van der Waals surface area contributed by atoms with Crippen LogP contribution in [0.25, 0.3) is 0 Å². The van der Waals surface area contributed by atoms with E-state index < -0.39 is 0 Å². The van der Waals surface area contributed by atoms with Crippen LogP contribution in [0.5, 0.6) is 0 Å². The number of ether oxygens (including phenoxy) is 1. The molecular formula is C18H21NO2. The van der Waals surface area contributed by atoms with E-state index >= 15 is 0 Å². The largest absolute Gasteiger partial charge is 0.380 e. The van der Waals surface area contributed by atoms with Gasteiger partial charge in [0.1, 0.15) is 0 Å². The van der Waals surface area contributed by atoms with Crippen molar-refractivity contribution in [3.05, 3.63) is 70.3 Å². The molecule has 0 heterocycles. The molecular weight excluding hydrogens is 262 g/mol. The summed E-state index contributed by atoms with van der Waals surface area (Å²) < 4.78 is 5.09. The summed E-state index contributed by atoms with van der Waals surface area (Å²) in [7, 11) is 1.65. The van der Waals surface area contributed by atoms with Crippen molar-refractivity contribution >= 4 is 5.91 Å². The summed E-state index contributed by atoms with van der Waals surface area (Å²) in [6, 6.07) is 13.8. The zero-order chi connectivity index (χ0) is 15.2. The van der Waals surface area contributed by atoms with Crippen LogP contribution in [-0.2, 0) is 17.9 Å². The number of rotatable bonds is 5. The lowest BCUT2D eigenvalue weighted by atomic mass is 10.1. The molecule has 21 heavy (non-hydrogen) atoms. The SMILES string of the molecule is COCc1cccc(C(=O)NCc2ccc(C)cc2C)c1. The predicted octanol–water partition coefficient (Wildman–Crippen LogP) is 3.38. The molecule has 3 nitrogen and oxygen atoms in total. The Labute approximate surface area is 126 Å². The minimum atomic E-state index is -0.0621. The van der Waals surface area contributed by atoms with E-state index in [4.69, 9.17) is 4.74 Å². The Kier molecular flexibility index (Phi) is 5.12. The van der Waals surface area contributed by atoms with E-state index in [0.29, 0.717) is 18.7 Å². The molecule has 0 aliphatic carbocycles. The van der Waals surface area contributed by atoms with Crippen molar-refractivity contribution < 1.29 is 9.53 Å². The monoisotopic (exact) mass is 283 g/mol. The van der Waals surface area contributed by atoms with E-state index in [1.807, 2.05) is 24.3 Å². The van der Waals surface area contributed by atoms with E-state index in [0.717, 1.165) is 11.1 Å². The summed E-state index contributed by atoms with van der Waals surface area (Å²) in [4.78, 5) is 12.2. The Hall–Kier alpha value is -2.13. The number of nitrogens with one attached hydrogen (secondary N) is 1. The third-order valence-electron chi connectivity index (χ3n) is 3.44. The number of benzene rings is 2. The highest BCUT2D eigenvalue weighted by Crippen LogP contribution is 2.11. The normalized spacial score (nSPS) is 10.4. The Bertz CT molecular complexity index is 635.